The number of hydrogen-bond acceptors (Lipinski definition) is 4. The van der Waals surface area contributed by atoms with Crippen LogP contribution >= 0.6 is 0 Å². The molecule has 1 aliphatic rings. The Morgan fingerprint density at radius 1 is 1.15 bits per heavy atom. The first-order valence-electron chi connectivity index (χ1n) is 8.96. The summed E-state index contributed by atoms with van der Waals surface area (Å²) in [5.41, 5.74) is 1.73. The fourth-order valence-corrected chi connectivity index (χ4v) is 3.47. The zero-order valence-corrected chi connectivity index (χ0v) is 14.9. The van der Waals surface area contributed by atoms with Crippen molar-refractivity contribution in [3.63, 3.8) is 0 Å². The van der Waals surface area contributed by atoms with Gasteiger partial charge in [-0.1, -0.05) is 6.92 Å². The third-order valence-electron chi connectivity index (χ3n) is 5.07. The second kappa shape index (κ2) is 7.19. The van der Waals surface area contributed by atoms with E-state index in [1.54, 1.807) is 0 Å². The molecule has 0 amide bonds. The summed E-state index contributed by atoms with van der Waals surface area (Å²) in [6.07, 6.45) is 5.58. The molecule has 0 bridgehead atoms. The number of aromatic amines is 1. The lowest BCUT2D eigenvalue weighted by molar-refractivity contribution is 0.186. The number of piperidine rings is 1. The molecule has 3 aromatic rings. The first-order valence-corrected chi connectivity index (χ1v) is 8.96. The molecular weight excluding hydrogens is 355 g/mol. The van der Waals surface area contributed by atoms with Crippen LogP contribution in [0.15, 0.2) is 24.7 Å². The molecule has 1 aliphatic heterocycles. The van der Waals surface area contributed by atoms with Gasteiger partial charge in [0.25, 0.3) is 0 Å². The van der Waals surface area contributed by atoms with Crippen LogP contribution in [0.4, 0.5) is 24.7 Å². The monoisotopic (exact) mass is 375 g/mol. The second-order valence-electron chi connectivity index (χ2n) is 7.10. The quantitative estimate of drug-likeness (QED) is 0.666. The first kappa shape index (κ1) is 17.8. The highest BCUT2D eigenvalue weighted by atomic mass is 19.2. The summed E-state index contributed by atoms with van der Waals surface area (Å²) in [5, 5.41) is 3.66. The predicted octanol–water partition coefficient (Wildman–Crippen LogP) is 4.35. The van der Waals surface area contributed by atoms with Crippen LogP contribution in [-0.4, -0.2) is 32.9 Å². The largest absolute Gasteiger partial charge is 0.346 e. The van der Waals surface area contributed by atoms with Gasteiger partial charge in [-0.3, -0.25) is 4.90 Å². The Balaban J connectivity index is 1.64. The molecular formula is C19H20F3N5. The average Bonchev–Trinajstić information content (AvgIpc) is 3.05. The van der Waals surface area contributed by atoms with Gasteiger partial charge in [0, 0.05) is 30.6 Å². The molecule has 0 unspecified atom stereocenters. The highest BCUT2D eigenvalue weighted by Crippen LogP contribution is 2.29. The number of nitrogens with zero attached hydrogens (tertiary/aromatic N) is 3. The number of hydrogen-bond donors (Lipinski definition) is 2. The maximum absolute atomic E-state index is 13.5. The van der Waals surface area contributed by atoms with Crippen molar-refractivity contribution < 1.29 is 13.2 Å². The number of fused-ring (bicyclic) bond motifs is 1. The van der Waals surface area contributed by atoms with Crippen molar-refractivity contribution in [1.29, 1.82) is 0 Å². The number of rotatable bonds is 4. The van der Waals surface area contributed by atoms with E-state index >= 15 is 0 Å². The topological polar surface area (TPSA) is 56.8 Å². The van der Waals surface area contributed by atoms with Crippen LogP contribution < -0.4 is 5.32 Å². The number of likely N-dealkylation sites (tertiary alicyclic amines) is 1. The van der Waals surface area contributed by atoms with Crippen LogP contribution in [-0.2, 0) is 6.54 Å². The van der Waals surface area contributed by atoms with Crippen molar-refractivity contribution >= 4 is 22.5 Å². The summed E-state index contributed by atoms with van der Waals surface area (Å²) < 4.78 is 40.2. The van der Waals surface area contributed by atoms with E-state index in [-0.39, 0.29) is 5.69 Å². The number of anilines is 2. The number of H-pyrrole nitrogens is 1. The highest BCUT2D eigenvalue weighted by molar-refractivity contribution is 5.92. The average molecular weight is 375 g/mol. The minimum atomic E-state index is -1.49. The number of aromatic nitrogens is 3. The molecule has 5 nitrogen and oxygen atoms in total. The van der Waals surface area contributed by atoms with E-state index in [0.717, 1.165) is 61.5 Å². The molecule has 0 aliphatic carbocycles. The lowest BCUT2D eigenvalue weighted by Gasteiger charge is -2.30. The van der Waals surface area contributed by atoms with Crippen molar-refractivity contribution in [3.8, 4) is 0 Å². The molecule has 3 heterocycles. The predicted molar refractivity (Wildman–Crippen MR) is 97.2 cm³/mol. The molecule has 2 aromatic heterocycles. The third-order valence-corrected chi connectivity index (χ3v) is 5.07. The van der Waals surface area contributed by atoms with E-state index < -0.39 is 17.5 Å². The zero-order valence-electron chi connectivity index (χ0n) is 14.9. The maximum Gasteiger partial charge on any atom is 0.194 e. The molecule has 1 fully saturated rings. The summed E-state index contributed by atoms with van der Waals surface area (Å²) in [6.45, 7) is 5.05. The molecule has 8 heteroatoms. The van der Waals surface area contributed by atoms with E-state index in [9.17, 15) is 13.2 Å². The Kier molecular flexibility index (Phi) is 4.73. The fourth-order valence-electron chi connectivity index (χ4n) is 3.47. The van der Waals surface area contributed by atoms with Crippen molar-refractivity contribution in [2.75, 3.05) is 18.4 Å². The Hall–Kier alpha value is -2.61. The van der Waals surface area contributed by atoms with Gasteiger partial charge in [0.2, 0.25) is 0 Å². The van der Waals surface area contributed by atoms with Crippen LogP contribution in [0.2, 0.25) is 0 Å². The van der Waals surface area contributed by atoms with Gasteiger partial charge in [-0.05, 0) is 37.4 Å². The SMILES string of the molecule is CC1CCN(Cc2c[nH]c3ncnc(Nc4cc(F)c(F)c(F)c4)c23)CC1. The standard InChI is InChI=1S/C19H20F3N5/c1-11-2-4-27(5-3-11)9-12-8-23-18-16(12)19(25-10-24-18)26-13-6-14(20)17(22)15(21)7-13/h6-8,10-11H,2-5,9H2,1H3,(H2,23,24,25,26). The summed E-state index contributed by atoms with van der Waals surface area (Å²) in [7, 11) is 0. The van der Waals surface area contributed by atoms with E-state index in [1.807, 2.05) is 6.20 Å². The van der Waals surface area contributed by atoms with E-state index in [0.29, 0.717) is 11.5 Å². The van der Waals surface area contributed by atoms with Gasteiger partial charge in [0.05, 0.1) is 5.39 Å². The van der Waals surface area contributed by atoms with Gasteiger partial charge in [0.1, 0.15) is 17.8 Å². The molecule has 2 N–H and O–H groups in total. The van der Waals surface area contributed by atoms with E-state index in [1.165, 1.54) is 6.33 Å². The zero-order chi connectivity index (χ0) is 19.0. The lowest BCUT2D eigenvalue weighted by atomic mass is 9.99. The van der Waals surface area contributed by atoms with Crippen LogP contribution in [0.3, 0.4) is 0 Å². The Labute approximate surface area is 154 Å². The first-order chi connectivity index (χ1) is 13.0. The lowest BCUT2D eigenvalue weighted by Crippen LogP contribution is -2.32. The van der Waals surface area contributed by atoms with Crippen molar-refractivity contribution in [1.82, 2.24) is 19.9 Å². The summed E-state index contributed by atoms with van der Waals surface area (Å²) in [4.78, 5) is 13.9. The molecule has 4 rings (SSSR count). The molecule has 0 atom stereocenters. The second-order valence-corrected chi connectivity index (χ2v) is 7.10. The van der Waals surface area contributed by atoms with Gasteiger partial charge in [0.15, 0.2) is 17.5 Å². The summed E-state index contributed by atoms with van der Waals surface area (Å²) >= 11 is 0. The van der Waals surface area contributed by atoms with Crippen molar-refractivity contribution in [3.05, 3.63) is 47.7 Å². The van der Waals surface area contributed by atoms with Crippen LogP contribution in [0.1, 0.15) is 25.3 Å². The molecule has 1 saturated heterocycles. The van der Waals surface area contributed by atoms with Crippen LogP contribution in [0, 0.1) is 23.4 Å². The minimum absolute atomic E-state index is 0.0883. The van der Waals surface area contributed by atoms with Gasteiger partial charge in [-0.15, -0.1) is 0 Å². The molecule has 142 valence electrons. The van der Waals surface area contributed by atoms with Crippen molar-refractivity contribution in [2.45, 2.75) is 26.3 Å². The smallest absolute Gasteiger partial charge is 0.194 e. The fraction of sp³-hybridized carbons (Fsp3) is 0.368. The molecule has 0 radical (unpaired) electrons. The number of halogens is 3. The number of benzene rings is 1. The van der Waals surface area contributed by atoms with Gasteiger partial charge in [-0.2, -0.15) is 0 Å². The van der Waals surface area contributed by atoms with E-state index in [4.69, 9.17) is 0 Å². The Morgan fingerprint density at radius 2 is 1.85 bits per heavy atom. The van der Waals surface area contributed by atoms with Crippen LogP contribution in [0.25, 0.3) is 11.0 Å². The maximum atomic E-state index is 13.5. The molecule has 0 spiro atoms. The summed E-state index contributed by atoms with van der Waals surface area (Å²) in [6, 6.07) is 1.81. The third kappa shape index (κ3) is 3.62. The summed E-state index contributed by atoms with van der Waals surface area (Å²) in [5.74, 6) is -2.82. The molecule has 1 aromatic carbocycles. The Bertz CT molecular complexity index is 940. The highest BCUT2D eigenvalue weighted by Gasteiger charge is 2.19. The minimum Gasteiger partial charge on any atom is -0.346 e. The molecule has 27 heavy (non-hydrogen) atoms. The van der Waals surface area contributed by atoms with E-state index in [2.05, 4.69) is 32.1 Å². The van der Waals surface area contributed by atoms with Gasteiger partial charge in [-0.25, -0.2) is 23.1 Å². The number of nitrogens with one attached hydrogen (secondary N) is 2. The Morgan fingerprint density at radius 3 is 2.56 bits per heavy atom. The normalized spacial score (nSPS) is 16.1. The molecule has 0 saturated carbocycles. The van der Waals surface area contributed by atoms with Gasteiger partial charge >= 0.3 is 0 Å². The van der Waals surface area contributed by atoms with Gasteiger partial charge < -0.3 is 10.3 Å². The van der Waals surface area contributed by atoms with Crippen molar-refractivity contribution in [2.24, 2.45) is 5.92 Å². The van der Waals surface area contributed by atoms with Crippen LogP contribution in [0.5, 0.6) is 0 Å².